The van der Waals surface area contributed by atoms with Crippen LogP contribution in [0.2, 0.25) is 0 Å². The van der Waals surface area contributed by atoms with Crippen molar-refractivity contribution in [2.75, 3.05) is 33.7 Å². The summed E-state index contributed by atoms with van der Waals surface area (Å²) < 4.78 is 0. The zero-order chi connectivity index (χ0) is 12.3. The van der Waals surface area contributed by atoms with Crippen molar-refractivity contribution in [3.8, 4) is 0 Å². The minimum absolute atomic E-state index is 0.382. The van der Waals surface area contributed by atoms with E-state index >= 15 is 0 Å². The average molecular weight is 229 g/mol. The molecule has 5 nitrogen and oxygen atoms in total. The topological polar surface area (TPSA) is 69.8 Å². The summed E-state index contributed by atoms with van der Waals surface area (Å²) in [5.41, 5.74) is 4.55. The van der Waals surface area contributed by atoms with E-state index in [1.807, 2.05) is 11.9 Å². The first-order valence-electron chi connectivity index (χ1n) is 5.74. The molecule has 0 aromatic rings. The number of nitrogens with two attached hydrogens (primary N) is 1. The molecular formula is C11H23N3O2. The quantitative estimate of drug-likeness (QED) is 0.684. The van der Waals surface area contributed by atoms with Crippen LogP contribution < -0.4 is 5.73 Å². The third kappa shape index (κ3) is 3.43. The Morgan fingerprint density at radius 2 is 2.31 bits per heavy atom. The predicted molar refractivity (Wildman–Crippen MR) is 63.4 cm³/mol. The van der Waals surface area contributed by atoms with Gasteiger partial charge in [0, 0.05) is 19.1 Å². The molecule has 0 amide bonds. The Morgan fingerprint density at radius 3 is 2.75 bits per heavy atom. The van der Waals surface area contributed by atoms with Crippen molar-refractivity contribution in [2.24, 2.45) is 5.73 Å². The molecule has 0 aromatic heterocycles. The van der Waals surface area contributed by atoms with Crippen molar-refractivity contribution < 1.29 is 9.90 Å². The molecule has 94 valence electrons. The molecule has 2 atom stereocenters. The average Bonchev–Trinajstić information content (AvgIpc) is 2.50. The number of carbonyl (C=O) groups is 1. The summed E-state index contributed by atoms with van der Waals surface area (Å²) in [6.07, 6.45) is 2.42. The predicted octanol–water partition coefficient (Wildman–Crippen LogP) is -0.186. The van der Waals surface area contributed by atoms with Crippen LogP contribution in [-0.4, -0.2) is 66.2 Å². The van der Waals surface area contributed by atoms with Gasteiger partial charge in [-0.15, -0.1) is 0 Å². The minimum atomic E-state index is -1.16. The fourth-order valence-electron chi connectivity index (χ4n) is 2.26. The lowest BCUT2D eigenvalue weighted by Crippen LogP contribution is -2.54. The molecule has 1 rings (SSSR count). The second-order valence-corrected chi connectivity index (χ2v) is 5.20. The van der Waals surface area contributed by atoms with Crippen molar-refractivity contribution in [3.05, 3.63) is 0 Å². The molecule has 0 saturated carbocycles. The number of carboxylic acid groups (broad SMARTS) is 1. The molecule has 2 unspecified atom stereocenters. The second kappa shape index (κ2) is 5.12. The van der Waals surface area contributed by atoms with Gasteiger partial charge in [0.2, 0.25) is 0 Å². The molecule has 16 heavy (non-hydrogen) atoms. The first-order chi connectivity index (χ1) is 7.33. The van der Waals surface area contributed by atoms with Crippen LogP contribution in [0.4, 0.5) is 0 Å². The van der Waals surface area contributed by atoms with E-state index in [1.165, 1.54) is 12.8 Å². The number of likely N-dealkylation sites (tertiary alicyclic amines) is 1. The van der Waals surface area contributed by atoms with E-state index in [0.717, 1.165) is 13.1 Å². The molecule has 0 bridgehead atoms. The molecule has 0 spiro atoms. The largest absolute Gasteiger partial charge is 0.480 e. The Labute approximate surface area is 97.2 Å². The number of hydrogen-bond acceptors (Lipinski definition) is 4. The lowest BCUT2D eigenvalue weighted by atomic mass is 10.0. The van der Waals surface area contributed by atoms with Crippen molar-refractivity contribution >= 4 is 5.97 Å². The van der Waals surface area contributed by atoms with E-state index in [0.29, 0.717) is 12.6 Å². The fourth-order valence-corrected chi connectivity index (χ4v) is 2.26. The molecule has 1 aliphatic heterocycles. The number of aliphatic carboxylic acids is 1. The maximum atomic E-state index is 10.9. The molecule has 1 saturated heterocycles. The summed E-state index contributed by atoms with van der Waals surface area (Å²) >= 11 is 0. The first kappa shape index (κ1) is 13.4. The van der Waals surface area contributed by atoms with Gasteiger partial charge >= 0.3 is 5.97 Å². The SMILES string of the molecule is CN(CC1CCCN1C)CC(C)(N)C(=O)O. The van der Waals surface area contributed by atoms with E-state index in [-0.39, 0.29) is 0 Å². The van der Waals surface area contributed by atoms with Crippen LogP contribution in [0.5, 0.6) is 0 Å². The Balaban J connectivity index is 2.41. The van der Waals surface area contributed by atoms with Gasteiger partial charge in [-0.3, -0.25) is 4.79 Å². The Bertz CT molecular complexity index is 256. The maximum absolute atomic E-state index is 10.9. The van der Waals surface area contributed by atoms with E-state index in [4.69, 9.17) is 10.8 Å². The lowest BCUT2D eigenvalue weighted by molar-refractivity contribution is -0.143. The van der Waals surface area contributed by atoms with Gasteiger partial charge < -0.3 is 20.6 Å². The van der Waals surface area contributed by atoms with Gasteiger partial charge in [0.1, 0.15) is 5.54 Å². The van der Waals surface area contributed by atoms with E-state index in [1.54, 1.807) is 6.92 Å². The van der Waals surface area contributed by atoms with Gasteiger partial charge in [-0.05, 0) is 40.4 Å². The van der Waals surface area contributed by atoms with E-state index in [9.17, 15) is 4.79 Å². The highest BCUT2D eigenvalue weighted by molar-refractivity contribution is 5.78. The van der Waals surface area contributed by atoms with Gasteiger partial charge in [-0.2, -0.15) is 0 Å². The molecule has 0 aromatic carbocycles. The van der Waals surface area contributed by atoms with Crippen LogP contribution >= 0.6 is 0 Å². The zero-order valence-electron chi connectivity index (χ0n) is 10.4. The highest BCUT2D eigenvalue weighted by Crippen LogP contribution is 2.16. The number of carboxylic acids is 1. The Hall–Kier alpha value is -0.650. The molecule has 1 heterocycles. The van der Waals surface area contributed by atoms with Crippen LogP contribution in [0, 0.1) is 0 Å². The molecule has 0 aliphatic carbocycles. The summed E-state index contributed by atoms with van der Waals surface area (Å²) in [7, 11) is 4.05. The highest BCUT2D eigenvalue weighted by atomic mass is 16.4. The first-order valence-corrected chi connectivity index (χ1v) is 5.74. The smallest absolute Gasteiger partial charge is 0.324 e. The van der Waals surface area contributed by atoms with E-state index in [2.05, 4.69) is 11.9 Å². The number of likely N-dealkylation sites (N-methyl/N-ethyl adjacent to an activating group) is 2. The van der Waals surface area contributed by atoms with Crippen LogP contribution in [0.3, 0.4) is 0 Å². The van der Waals surface area contributed by atoms with Gasteiger partial charge in [0.05, 0.1) is 0 Å². The van der Waals surface area contributed by atoms with Gasteiger partial charge in [0.15, 0.2) is 0 Å². The molecular weight excluding hydrogens is 206 g/mol. The number of nitrogens with zero attached hydrogens (tertiary/aromatic N) is 2. The van der Waals surface area contributed by atoms with Crippen LogP contribution in [-0.2, 0) is 4.79 Å². The Kier molecular flexibility index (Phi) is 4.29. The van der Waals surface area contributed by atoms with Crippen molar-refractivity contribution in [1.82, 2.24) is 9.80 Å². The van der Waals surface area contributed by atoms with Gasteiger partial charge in [0.25, 0.3) is 0 Å². The monoisotopic (exact) mass is 229 g/mol. The molecule has 1 aliphatic rings. The molecule has 5 heteroatoms. The molecule has 3 N–H and O–H groups in total. The van der Waals surface area contributed by atoms with Crippen molar-refractivity contribution in [1.29, 1.82) is 0 Å². The number of hydrogen-bond donors (Lipinski definition) is 2. The summed E-state index contributed by atoms with van der Waals surface area (Å²) in [5.74, 6) is -0.945. The minimum Gasteiger partial charge on any atom is -0.480 e. The summed E-state index contributed by atoms with van der Waals surface area (Å²) in [6.45, 7) is 3.96. The van der Waals surface area contributed by atoms with Gasteiger partial charge in [-0.1, -0.05) is 0 Å². The van der Waals surface area contributed by atoms with Gasteiger partial charge in [-0.25, -0.2) is 0 Å². The van der Waals surface area contributed by atoms with Crippen molar-refractivity contribution in [3.63, 3.8) is 0 Å². The third-order valence-electron chi connectivity index (χ3n) is 3.28. The van der Waals surface area contributed by atoms with Crippen molar-refractivity contribution in [2.45, 2.75) is 31.3 Å². The zero-order valence-corrected chi connectivity index (χ0v) is 10.4. The summed E-state index contributed by atoms with van der Waals surface area (Å²) in [5, 5.41) is 8.94. The normalized spacial score (nSPS) is 25.9. The summed E-state index contributed by atoms with van der Waals surface area (Å²) in [4.78, 5) is 15.2. The van der Waals surface area contributed by atoms with E-state index < -0.39 is 11.5 Å². The molecule has 0 radical (unpaired) electrons. The molecule has 1 fully saturated rings. The lowest BCUT2D eigenvalue weighted by Gasteiger charge is -2.30. The second-order valence-electron chi connectivity index (χ2n) is 5.20. The van der Waals surface area contributed by atoms with Crippen LogP contribution in [0.25, 0.3) is 0 Å². The fraction of sp³-hybridized carbons (Fsp3) is 0.909. The standard InChI is InChI=1S/C11H23N3O2/c1-11(12,10(15)16)8-13(2)7-9-5-4-6-14(9)3/h9H,4-8,12H2,1-3H3,(H,15,16). The third-order valence-corrected chi connectivity index (χ3v) is 3.28. The number of rotatable bonds is 5. The summed E-state index contributed by atoms with van der Waals surface area (Å²) in [6, 6.07) is 0.537. The Morgan fingerprint density at radius 1 is 1.69 bits per heavy atom. The van der Waals surface area contributed by atoms with Crippen LogP contribution in [0.1, 0.15) is 19.8 Å². The van der Waals surface area contributed by atoms with Crippen LogP contribution in [0.15, 0.2) is 0 Å². The maximum Gasteiger partial charge on any atom is 0.324 e. The highest BCUT2D eigenvalue weighted by Gasteiger charge is 2.31.